The molecule has 1 amide bonds. The maximum Gasteiger partial charge on any atom is 0.241 e. The molecule has 1 N–H and O–H groups in total. The molecule has 1 saturated heterocycles. The van der Waals surface area contributed by atoms with Gasteiger partial charge in [0.25, 0.3) is 0 Å². The molecule has 3 nitrogen and oxygen atoms in total. The van der Waals surface area contributed by atoms with Gasteiger partial charge in [-0.25, -0.2) is 0 Å². The van der Waals surface area contributed by atoms with Crippen molar-refractivity contribution in [3.63, 3.8) is 0 Å². The van der Waals surface area contributed by atoms with Crippen molar-refractivity contribution in [3.8, 4) is 0 Å². The lowest BCUT2D eigenvalue weighted by atomic mass is 10.1. The van der Waals surface area contributed by atoms with Crippen LogP contribution in [0, 0.1) is 17.8 Å². The number of nitrogens with one attached hydrogen (secondary N) is 1. The number of hydrogen-bond acceptors (Lipinski definition) is 2. The van der Waals surface area contributed by atoms with Crippen molar-refractivity contribution in [3.05, 3.63) is 0 Å². The maximum absolute atomic E-state index is 12.5. The lowest BCUT2D eigenvalue weighted by molar-refractivity contribution is -0.130. The molecule has 0 aromatic carbocycles. The van der Waals surface area contributed by atoms with Crippen LogP contribution >= 0.6 is 0 Å². The Bertz CT molecular complexity index is 316. The SMILES string of the molecule is CCCCC1NC(CC(C)C)N(CC2CC2C)C1=O. The zero-order chi connectivity index (χ0) is 14.0. The van der Waals surface area contributed by atoms with Crippen LogP contribution in [0.25, 0.3) is 0 Å². The summed E-state index contributed by atoms with van der Waals surface area (Å²) in [5.74, 6) is 2.57. The van der Waals surface area contributed by atoms with E-state index in [2.05, 4.69) is 37.9 Å². The molecule has 0 spiro atoms. The zero-order valence-electron chi connectivity index (χ0n) is 13.0. The molecule has 1 aliphatic heterocycles. The highest BCUT2D eigenvalue weighted by molar-refractivity contribution is 5.84. The summed E-state index contributed by atoms with van der Waals surface area (Å²) in [6, 6.07) is 0.0813. The van der Waals surface area contributed by atoms with E-state index in [9.17, 15) is 4.79 Å². The first-order chi connectivity index (χ1) is 9.02. The van der Waals surface area contributed by atoms with Gasteiger partial charge in [0.1, 0.15) is 0 Å². The predicted octanol–water partition coefficient (Wildman–Crippen LogP) is 3.01. The van der Waals surface area contributed by atoms with E-state index in [1.807, 2.05) is 0 Å². The van der Waals surface area contributed by atoms with Gasteiger partial charge in [-0.3, -0.25) is 10.1 Å². The quantitative estimate of drug-likeness (QED) is 0.768. The normalized spacial score (nSPS) is 34.4. The van der Waals surface area contributed by atoms with Crippen molar-refractivity contribution >= 4 is 5.91 Å². The standard InChI is InChI=1S/C16H30N2O/c1-5-6-7-14-16(19)18(10-13-9-12(13)4)15(17-14)8-11(2)3/h11-15,17H,5-10H2,1-4H3. The molecule has 0 aromatic rings. The summed E-state index contributed by atoms with van der Waals surface area (Å²) in [7, 11) is 0. The Kier molecular flexibility index (Phi) is 4.88. The lowest BCUT2D eigenvalue weighted by Gasteiger charge is -2.25. The van der Waals surface area contributed by atoms with Gasteiger partial charge in [-0.2, -0.15) is 0 Å². The molecule has 0 bridgehead atoms. The molecular weight excluding hydrogens is 236 g/mol. The topological polar surface area (TPSA) is 32.3 Å². The molecule has 4 atom stereocenters. The number of carbonyl (C=O) groups is 1. The summed E-state index contributed by atoms with van der Waals surface area (Å²) in [6.45, 7) is 9.94. The van der Waals surface area contributed by atoms with E-state index in [4.69, 9.17) is 0 Å². The maximum atomic E-state index is 12.5. The molecule has 3 heteroatoms. The van der Waals surface area contributed by atoms with E-state index in [-0.39, 0.29) is 12.2 Å². The fourth-order valence-electron chi connectivity index (χ4n) is 3.13. The second-order valence-corrected chi connectivity index (χ2v) is 6.97. The van der Waals surface area contributed by atoms with Crippen LogP contribution in [0.15, 0.2) is 0 Å². The number of carbonyl (C=O) groups excluding carboxylic acids is 1. The lowest BCUT2D eigenvalue weighted by Crippen LogP contribution is -2.39. The van der Waals surface area contributed by atoms with Crippen molar-refractivity contribution in [2.45, 2.75) is 72.0 Å². The molecular formula is C16H30N2O. The van der Waals surface area contributed by atoms with Gasteiger partial charge in [0.15, 0.2) is 0 Å². The van der Waals surface area contributed by atoms with Gasteiger partial charge in [-0.05, 0) is 37.0 Å². The molecule has 2 aliphatic rings. The fourth-order valence-corrected chi connectivity index (χ4v) is 3.13. The number of rotatable bonds is 7. The molecule has 1 heterocycles. The molecule has 0 aromatic heterocycles. The number of hydrogen-bond donors (Lipinski definition) is 1. The highest BCUT2D eigenvalue weighted by Crippen LogP contribution is 2.39. The summed E-state index contributed by atoms with van der Waals surface area (Å²) in [4.78, 5) is 14.7. The molecule has 1 aliphatic carbocycles. The summed E-state index contributed by atoms with van der Waals surface area (Å²) >= 11 is 0. The Morgan fingerprint density at radius 2 is 2.11 bits per heavy atom. The Morgan fingerprint density at radius 1 is 1.42 bits per heavy atom. The van der Waals surface area contributed by atoms with E-state index in [1.165, 1.54) is 12.8 Å². The minimum Gasteiger partial charge on any atom is -0.325 e. The minimum absolute atomic E-state index is 0.0813. The second kappa shape index (κ2) is 6.25. The fraction of sp³-hybridized carbons (Fsp3) is 0.938. The smallest absolute Gasteiger partial charge is 0.241 e. The van der Waals surface area contributed by atoms with Crippen molar-refractivity contribution < 1.29 is 4.79 Å². The van der Waals surface area contributed by atoms with Gasteiger partial charge >= 0.3 is 0 Å². The average Bonchev–Trinajstić information content (AvgIpc) is 2.96. The zero-order valence-corrected chi connectivity index (χ0v) is 13.0. The highest BCUT2D eigenvalue weighted by Gasteiger charge is 2.43. The van der Waals surface area contributed by atoms with E-state index in [0.717, 1.165) is 37.6 Å². The van der Waals surface area contributed by atoms with Crippen LogP contribution in [0.3, 0.4) is 0 Å². The van der Waals surface area contributed by atoms with Gasteiger partial charge in [0, 0.05) is 6.54 Å². The molecule has 1 saturated carbocycles. The number of amides is 1. The summed E-state index contributed by atoms with van der Waals surface area (Å²) < 4.78 is 0. The van der Waals surface area contributed by atoms with Crippen LogP contribution in [0.5, 0.6) is 0 Å². The van der Waals surface area contributed by atoms with E-state index < -0.39 is 0 Å². The highest BCUT2D eigenvalue weighted by atomic mass is 16.2. The van der Waals surface area contributed by atoms with Crippen molar-refractivity contribution in [1.29, 1.82) is 0 Å². The Morgan fingerprint density at radius 3 is 2.63 bits per heavy atom. The molecule has 4 unspecified atom stereocenters. The van der Waals surface area contributed by atoms with Crippen LogP contribution < -0.4 is 5.32 Å². The van der Waals surface area contributed by atoms with Gasteiger partial charge in [0.2, 0.25) is 5.91 Å². The minimum atomic E-state index is 0.0813. The largest absolute Gasteiger partial charge is 0.325 e. The third kappa shape index (κ3) is 3.71. The third-order valence-corrected chi connectivity index (χ3v) is 4.60. The monoisotopic (exact) mass is 266 g/mol. The second-order valence-electron chi connectivity index (χ2n) is 6.97. The van der Waals surface area contributed by atoms with E-state index in [0.29, 0.717) is 11.8 Å². The summed E-state index contributed by atoms with van der Waals surface area (Å²) in [5.41, 5.74) is 0. The van der Waals surface area contributed by atoms with E-state index in [1.54, 1.807) is 0 Å². The molecule has 2 fully saturated rings. The van der Waals surface area contributed by atoms with E-state index >= 15 is 0 Å². The van der Waals surface area contributed by atoms with Crippen LogP contribution in [-0.4, -0.2) is 29.6 Å². The third-order valence-electron chi connectivity index (χ3n) is 4.60. The van der Waals surface area contributed by atoms with Crippen LogP contribution in [0.4, 0.5) is 0 Å². The first-order valence-corrected chi connectivity index (χ1v) is 8.09. The van der Waals surface area contributed by atoms with Gasteiger partial charge in [0.05, 0.1) is 12.2 Å². The van der Waals surface area contributed by atoms with Gasteiger partial charge in [-0.1, -0.05) is 40.5 Å². The van der Waals surface area contributed by atoms with Crippen LogP contribution in [-0.2, 0) is 4.79 Å². The van der Waals surface area contributed by atoms with Crippen molar-refractivity contribution in [2.24, 2.45) is 17.8 Å². The molecule has 110 valence electrons. The Hall–Kier alpha value is -0.570. The number of unbranched alkanes of at least 4 members (excludes halogenated alkanes) is 1. The average molecular weight is 266 g/mol. The number of nitrogens with zero attached hydrogens (tertiary/aromatic N) is 1. The van der Waals surface area contributed by atoms with Crippen molar-refractivity contribution in [2.75, 3.05) is 6.54 Å². The first kappa shape index (κ1) is 14.8. The summed E-state index contributed by atoms with van der Waals surface area (Å²) in [5, 5.41) is 3.58. The van der Waals surface area contributed by atoms with Crippen molar-refractivity contribution in [1.82, 2.24) is 10.2 Å². The molecule has 0 radical (unpaired) electrons. The van der Waals surface area contributed by atoms with Crippen LogP contribution in [0.2, 0.25) is 0 Å². The first-order valence-electron chi connectivity index (χ1n) is 8.09. The Labute approximate surface area is 118 Å². The molecule has 19 heavy (non-hydrogen) atoms. The molecule has 2 rings (SSSR count). The van der Waals surface area contributed by atoms with Gasteiger partial charge < -0.3 is 4.90 Å². The van der Waals surface area contributed by atoms with Gasteiger partial charge in [-0.15, -0.1) is 0 Å². The summed E-state index contributed by atoms with van der Waals surface area (Å²) in [6.07, 6.45) is 5.97. The Balaban J connectivity index is 1.95. The predicted molar refractivity (Wildman–Crippen MR) is 78.7 cm³/mol. The van der Waals surface area contributed by atoms with Crippen LogP contribution in [0.1, 0.15) is 59.8 Å².